The summed E-state index contributed by atoms with van der Waals surface area (Å²) in [4.78, 5) is 14.9. The molecule has 0 rings (SSSR count). The lowest BCUT2D eigenvalue weighted by molar-refractivity contribution is 0.485. The maximum Gasteiger partial charge on any atom is 0.247 e. The molecule has 0 spiro atoms. The Morgan fingerprint density at radius 1 is 1.62 bits per heavy atom. The molecular weight excluding hydrogens is 148 g/mol. The summed E-state index contributed by atoms with van der Waals surface area (Å²) in [5.41, 5.74) is 4.29. The van der Waals surface area contributed by atoms with E-state index in [0.717, 1.165) is 12.3 Å². The van der Waals surface area contributed by atoms with Crippen LogP contribution in [0.1, 0.15) is 13.3 Å². The number of rotatable bonds is 1. The van der Waals surface area contributed by atoms with Crippen LogP contribution in [0.4, 0.5) is 0 Å². The van der Waals surface area contributed by atoms with E-state index >= 15 is 0 Å². The maximum absolute atomic E-state index is 7.45. The van der Waals surface area contributed by atoms with Gasteiger partial charge in [-0.15, -0.1) is 11.6 Å². The fraction of sp³-hybridized carbons (Fsp3) is 1.00. The molecule has 0 aliphatic rings. The van der Waals surface area contributed by atoms with E-state index in [2.05, 4.69) is 5.50 Å². The van der Waals surface area contributed by atoms with Gasteiger partial charge in [-0.3, -0.25) is 5.50 Å². The first kappa shape index (κ1) is 11.4. The number of halogens is 1. The van der Waals surface area contributed by atoms with Gasteiger partial charge in [0.15, 0.2) is 0 Å². The first-order chi connectivity index (χ1) is 3.65. The van der Waals surface area contributed by atoms with E-state index in [4.69, 9.17) is 21.4 Å². The van der Waals surface area contributed by atoms with Gasteiger partial charge in [0, 0.05) is 5.88 Å². The molecule has 52 valence electrons. The Kier molecular flexibility index (Phi) is 15.0. The standard InChI is InChI=1S/C3H7Cl.H4NO2P/c1-2-3-4;1-4(2)3/h2-3H2,1H3;2-3H,1H2. The van der Waals surface area contributed by atoms with Crippen molar-refractivity contribution in [3.8, 4) is 0 Å². The minimum absolute atomic E-state index is 0.792. The Hall–Kier alpha value is 0.600. The molecule has 0 radical (unpaired) electrons. The summed E-state index contributed by atoms with van der Waals surface area (Å²) < 4.78 is 0. The number of hydrogen-bond donors (Lipinski definition) is 3. The van der Waals surface area contributed by atoms with Gasteiger partial charge in [-0.05, 0) is 6.42 Å². The quantitative estimate of drug-likeness (QED) is 0.392. The largest absolute Gasteiger partial charge is 0.338 e. The third-order valence-corrected chi connectivity index (χ3v) is 0.567. The average molecular weight is 160 g/mol. The SMILES string of the molecule is CCCCl.NP(O)O. The molecule has 0 bridgehead atoms. The Labute approximate surface area is 55.4 Å². The van der Waals surface area contributed by atoms with Crippen LogP contribution in [-0.4, -0.2) is 15.7 Å². The van der Waals surface area contributed by atoms with E-state index in [-0.39, 0.29) is 0 Å². The molecule has 0 unspecified atom stereocenters. The fourth-order valence-electron chi connectivity index (χ4n) is 0. The zero-order valence-corrected chi connectivity index (χ0v) is 6.36. The van der Waals surface area contributed by atoms with Crippen LogP contribution in [0.5, 0.6) is 0 Å². The molecule has 0 heterocycles. The molecule has 5 heteroatoms. The zero-order chi connectivity index (χ0) is 6.99. The van der Waals surface area contributed by atoms with Crippen LogP contribution < -0.4 is 5.50 Å². The molecule has 8 heavy (non-hydrogen) atoms. The summed E-state index contributed by atoms with van der Waals surface area (Å²) in [5, 5.41) is 0. The Balaban J connectivity index is 0. The number of hydrogen-bond acceptors (Lipinski definition) is 3. The summed E-state index contributed by atoms with van der Waals surface area (Å²) >= 11 is 5.19. The lowest BCUT2D eigenvalue weighted by atomic mass is 10.6. The smallest absolute Gasteiger partial charge is 0.247 e. The number of nitrogens with two attached hydrogens (primary N) is 1. The second-order valence-corrected chi connectivity index (χ2v) is 2.03. The molecule has 0 fully saturated rings. The highest BCUT2D eigenvalue weighted by Gasteiger charge is 1.72. The third kappa shape index (κ3) is 80.8. The highest BCUT2D eigenvalue weighted by molar-refractivity contribution is 7.42. The Morgan fingerprint density at radius 2 is 1.75 bits per heavy atom. The number of alkyl halides is 1. The molecular formula is C3H11ClNO2P. The minimum Gasteiger partial charge on any atom is -0.338 e. The van der Waals surface area contributed by atoms with Crippen LogP contribution in [0.25, 0.3) is 0 Å². The van der Waals surface area contributed by atoms with Crippen molar-refractivity contribution in [3.63, 3.8) is 0 Å². The lowest BCUT2D eigenvalue weighted by Gasteiger charge is -1.79. The van der Waals surface area contributed by atoms with Crippen molar-refractivity contribution in [2.24, 2.45) is 5.50 Å². The van der Waals surface area contributed by atoms with Crippen LogP contribution >= 0.6 is 20.1 Å². The minimum atomic E-state index is -2.12. The molecule has 0 aliphatic heterocycles. The molecule has 0 aromatic heterocycles. The third-order valence-electron chi connectivity index (χ3n) is 0.189. The van der Waals surface area contributed by atoms with E-state index in [0.29, 0.717) is 0 Å². The summed E-state index contributed by atoms with van der Waals surface area (Å²) in [6.07, 6.45) is 1.08. The lowest BCUT2D eigenvalue weighted by Crippen LogP contribution is -1.78. The maximum atomic E-state index is 7.45. The molecule has 0 aliphatic carbocycles. The first-order valence-corrected chi connectivity index (χ1v) is 3.98. The second kappa shape index (κ2) is 10.6. The van der Waals surface area contributed by atoms with Gasteiger partial charge in [-0.2, -0.15) is 0 Å². The van der Waals surface area contributed by atoms with Crippen molar-refractivity contribution in [2.45, 2.75) is 13.3 Å². The molecule has 0 saturated carbocycles. The average Bonchev–Trinajstić information content (AvgIpc) is 1.65. The topological polar surface area (TPSA) is 66.5 Å². The predicted octanol–water partition coefficient (Wildman–Crippen LogP) is 0.792. The summed E-state index contributed by atoms with van der Waals surface area (Å²) in [7, 11) is -2.12. The van der Waals surface area contributed by atoms with Gasteiger partial charge in [0.1, 0.15) is 0 Å². The monoisotopic (exact) mass is 159 g/mol. The van der Waals surface area contributed by atoms with Crippen molar-refractivity contribution in [2.75, 3.05) is 5.88 Å². The van der Waals surface area contributed by atoms with Gasteiger partial charge in [-0.25, -0.2) is 0 Å². The normalized spacial score (nSPS) is 8.25. The van der Waals surface area contributed by atoms with Gasteiger partial charge >= 0.3 is 0 Å². The van der Waals surface area contributed by atoms with Crippen LogP contribution in [-0.2, 0) is 0 Å². The van der Waals surface area contributed by atoms with Gasteiger partial charge in [-0.1, -0.05) is 6.92 Å². The summed E-state index contributed by atoms with van der Waals surface area (Å²) in [6, 6.07) is 0. The summed E-state index contributed by atoms with van der Waals surface area (Å²) in [5.74, 6) is 0.792. The molecule has 0 aromatic carbocycles. The molecule has 0 aromatic rings. The molecule has 3 nitrogen and oxygen atoms in total. The van der Waals surface area contributed by atoms with Gasteiger partial charge < -0.3 is 9.79 Å². The van der Waals surface area contributed by atoms with E-state index in [9.17, 15) is 0 Å². The second-order valence-electron chi connectivity index (χ2n) is 1.01. The molecule has 4 N–H and O–H groups in total. The van der Waals surface area contributed by atoms with Crippen LogP contribution in [0.2, 0.25) is 0 Å². The van der Waals surface area contributed by atoms with E-state index in [1.54, 1.807) is 0 Å². The van der Waals surface area contributed by atoms with Gasteiger partial charge in [0.05, 0.1) is 0 Å². The fourth-order valence-corrected chi connectivity index (χ4v) is 0. The Morgan fingerprint density at radius 3 is 1.75 bits per heavy atom. The van der Waals surface area contributed by atoms with Crippen molar-refractivity contribution >= 4 is 20.1 Å². The molecule has 0 amide bonds. The van der Waals surface area contributed by atoms with E-state index in [1.165, 1.54) is 0 Å². The van der Waals surface area contributed by atoms with E-state index in [1.807, 2.05) is 6.92 Å². The highest BCUT2D eigenvalue weighted by Crippen LogP contribution is 2.05. The van der Waals surface area contributed by atoms with Crippen molar-refractivity contribution in [1.29, 1.82) is 0 Å². The predicted molar refractivity (Wildman–Crippen MR) is 36.6 cm³/mol. The van der Waals surface area contributed by atoms with Crippen LogP contribution in [0, 0.1) is 0 Å². The van der Waals surface area contributed by atoms with Gasteiger partial charge in [0.25, 0.3) is 0 Å². The highest BCUT2D eigenvalue weighted by atomic mass is 35.5. The van der Waals surface area contributed by atoms with Crippen LogP contribution in [0.3, 0.4) is 0 Å². The van der Waals surface area contributed by atoms with Gasteiger partial charge in [0.2, 0.25) is 8.53 Å². The molecule has 0 saturated heterocycles. The van der Waals surface area contributed by atoms with Crippen molar-refractivity contribution < 1.29 is 9.79 Å². The van der Waals surface area contributed by atoms with Crippen LogP contribution in [0.15, 0.2) is 0 Å². The van der Waals surface area contributed by atoms with Crippen molar-refractivity contribution in [1.82, 2.24) is 0 Å². The molecule has 0 atom stereocenters. The summed E-state index contributed by atoms with van der Waals surface area (Å²) in [6.45, 7) is 2.05. The first-order valence-electron chi connectivity index (χ1n) is 2.13. The van der Waals surface area contributed by atoms with E-state index < -0.39 is 8.53 Å². The zero-order valence-electron chi connectivity index (χ0n) is 4.71. The van der Waals surface area contributed by atoms with Crippen molar-refractivity contribution in [3.05, 3.63) is 0 Å². The Bertz CT molecular complexity index is 33.7.